The van der Waals surface area contributed by atoms with Gasteiger partial charge in [0, 0.05) is 19.0 Å². The van der Waals surface area contributed by atoms with E-state index < -0.39 is 0 Å². The normalized spacial score (nSPS) is 23.1. The summed E-state index contributed by atoms with van der Waals surface area (Å²) in [5.74, 6) is 0.743. The summed E-state index contributed by atoms with van der Waals surface area (Å²) >= 11 is 0. The summed E-state index contributed by atoms with van der Waals surface area (Å²) in [6.45, 7) is 5.98. The second-order valence-corrected chi connectivity index (χ2v) is 5.59. The summed E-state index contributed by atoms with van der Waals surface area (Å²) in [5.41, 5.74) is 2.42. The molecule has 1 amide bonds. The van der Waals surface area contributed by atoms with Gasteiger partial charge in [-0.3, -0.25) is 4.79 Å². The molecule has 1 saturated heterocycles. The zero-order valence-electron chi connectivity index (χ0n) is 11.9. The molecule has 1 aromatic rings. The van der Waals surface area contributed by atoms with Crippen molar-refractivity contribution in [1.29, 1.82) is 0 Å². The smallest absolute Gasteiger partial charge is 0.221 e. The Bertz CT molecular complexity index is 431. The van der Waals surface area contributed by atoms with Crippen LogP contribution in [0.3, 0.4) is 0 Å². The maximum absolute atomic E-state index is 12.0. The van der Waals surface area contributed by atoms with Crippen LogP contribution in [0.4, 0.5) is 0 Å². The Morgan fingerprint density at radius 1 is 1.42 bits per heavy atom. The van der Waals surface area contributed by atoms with Gasteiger partial charge in [-0.1, -0.05) is 31.2 Å². The summed E-state index contributed by atoms with van der Waals surface area (Å²) in [6.07, 6.45) is 3.04. The lowest BCUT2D eigenvalue weighted by atomic mass is 9.90. The van der Waals surface area contributed by atoms with Gasteiger partial charge >= 0.3 is 0 Å². The number of benzene rings is 1. The first-order valence-electron chi connectivity index (χ1n) is 7.21. The Morgan fingerprint density at radius 2 is 2.21 bits per heavy atom. The topological polar surface area (TPSA) is 41.1 Å². The third kappa shape index (κ3) is 4.06. The lowest BCUT2D eigenvalue weighted by Gasteiger charge is -2.29. The third-order valence-electron chi connectivity index (χ3n) is 4.07. The Labute approximate surface area is 115 Å². The first kappa shape index (κ1) is 14.1. The molecule has 2 N–H and O–H groups in total. The van der Waals surface area contributed by atoms with Gasteiger partial charge in [-0.15, -0.1) is 0 Å². The van der Waals surface area contributed by atoms with Gasteiger partial charge in [0.1, 0.15) is 0 Å². The number of aryl methyl sites for hydroxylation is 1. The van der Waals surface area contributed by atoms with Crippen LogP contribution in [0.15, 0.2) is 24.3 Å². The van der Waals surface area contributed by atoms with Crippen LogP contribution in [-0.4, -0.2) is 18.5 Å². The van der Waals surface area contributed by atoms with Crippen molar-refractivity contribution in [2.45, 2.75) is 45.7 Å². The summed E-state index contributed by atoms with van der Waals surface area (Å²) < 4.78 is 0. The van der Waals surface area contributed by atoms with Crippen molar-refractivity contribution in [2.24, 2.45) is 5.92 Å². The fourth-order valence-electron chi connectivity index (χ4n) is 2.66. The van der Waals surface area contributed by atoms with Crippen LogP contribution in [0.5, 0.6) is 0 Å². The minimum atomic E-state index is 0.148. The second kappa shape index (κ2) is 6.71. The number of piperidine rings is 1. The number of rotatable bonds is 4. The van der Waals surface area contributed by atoms with Crippen LogP contribution in [0, 0.1) is 12.8 Å². The van der Waals surface area contributed by atoms with Gasteiger partial charge < -0.3 is 10.6 Å². The van der Waals surface area contributed by atoms with Crippen molar-refractivity contribution < 1.29 is 4.79 Å². The van der Waals surface area contributed by atoms with Crippen molar-refractivity contribution >= 4 is 5.91 Å². The zero-order chi connectivity index (χ0) is 13.7. The number of amides is 1. The van der Waals surface area contributed by atoms with Crippen LogP contribution in [0.1, 0.15) is 37.3 Å². The highest BCUT2D eigenvalue weighted by atomic mass is 16.1. The quantitative estimate of drug-likeness (QED) is 0.872. The first-order valence-corrected chi connectivity index (χ1v) is 7.21. The van der Waals surface area contributed by atoms with E-state index in [2.05, 4.69) is 36.6 Å². The van der Waals surface area contributed by atoms with Gasteiger partial charge in [0.25, 0.3) is 0 Å². The largest absolute Gasteiger partial charge is 0.352 e. The molecule has 1 aromatic carbocycles. The molecule has 0 aliphatic carbocycles. The summed E-state index contributed by atoms with van der Waals surface area (Å²) in [5, 5.41) is 6.48. The molecule has 2 unspecified atom stereocenters. The van der Waals surface area contributed by atoms with E-state index in [-0.39, 0.29) is 5.91 Å². The Balaban J connectivity index is 1.80. The van der Waals surface area contributed by atoms with Crippen LogP contribution in [0.25, 0.3) is 0 Å². The molecule has 3 nitrogen and oxygen atoms in total. The van der Waals surface area contributed by atoms with E-state index in [1.165, 1.54) is 24.0 Å². The highest BCUT2D eigenvalue weighted by Gasteiger charge is 2.22. The van der Waals surface area contributed by atoms with Gasteiger partial charge in [-0.2, -0.15) is 0 Å². The molecule has 0 spiro atoms. The van der Waals surface area contributed by atoms with Crippen LogP contribution < -0.4 is 10.6 Å². The molecule has 0 aromatic heterocycles. The molecule has 19 heavy (non-hydrogen) atoms. The zero-order valence-corrected chi connectivity index (χ0v) is 11.9. The summed E-state index contributed by atoms with van der Waals surface area (Å²) in [7, 11) is 0. The maximum atomic E-state index is 12.0. The van der Waals surface area contributed by atoms with E-state index in [1.54, 1.807) is 0 Å². The van der Waals surface area contributed by atoms with Crippen molar-refractivity contribution in [2.75, 3.05) is 6.54 Å². The predicted molar refractivity (Wildman–Crippen MR) is 77.8 cm³/mol. The molecule has 3 heteroatoms. The van der Waals surface area contributed by atoms with Gasteiger partial charge in [0.05, 0.1) is 0 Å². The molecular weight excluding hydrogens is 236 g/mol. The lowest BCUT2D eigenvalue weighted by molar-refractivity contribution is -0.122. The van der Waals surface area contributed by atoms with Gasteiger partial charge in [0.15, 0.2) is 0 Å². The Morgan fingerprint density at radius 3 is 2.95 bits per heavy atom. The summed E-state index contributed by atoms with van der Waals surface area (Å²) in [6, 6.07) is 8.52. The van der Waals surface area contributed by atoms with E-state index in [1.807, 2.05) is 12.1 Å². The van der Waals surface area contributed by atoms with E-state index in [4.69, 9.17) is 0 Å². The molecule has 2 rings (SSSR count). The van der Waals surface area contributed by atoms with Crippen molar-refractivity contribution in [1.82, 2.24) is 10.6 Å². The highest BCUT2D eigenvalue weighted by Crippen LogP contribution is 2.17. The Hall–Kier alpha value is -1.35. The number of carbonyl (C=O) groups excluding carboxylic acids is 1. The highest BCUT2D eigenvalue weighted by molar-refractivity contribution is 5.76. The number of nitrogens with one attached hydrogen (secondary N) is 2. The first-order chi connectivity index (χ1) is 9.16. The number of carbonyl (C=O) groups is 1. The standard InChI is InChI=1S/C16H24N2O/c1-12-6-3-4-8-14(12)11-18-16(19)10-15-13(2)7-5-9-17-15/h3-4,6,8,13,15,17H,5,7,9-11H2,1-2H3,(H,18,19). The monoisotopic (exact) mass is 260 g/mol. The lowest BCUT2D eigenvalue weighted by Crippen LogP contribution is -2.43. The van der Waals surface area contributed by atoms with Gasteiger partial charge in [0.2, 0.25) is 5.91 Å². The molecule has 1 aliphatic heterocycles. The third-order valence-corrected chi connectivity index (χ3v) is 4.07. The van der Waals surface area contributed by atoms with E-state index in [9.17, 15) is 4.79 Å². The molecule has 0 radical (unpaired) electrons. The molecule has 1 aliphatic rings. The van der Waals surface area contributed by atoms with E-state index in [0.717, 1.165) is 6.54 Å². The second-order valence-electron chi connectivity index (χ2n) is 5.59. The molecule has 1 heterocycles. The SMILES string of the molecule is Cc1ccccc1CNC(=O)CC1NCCCC1C. The van der Waals surface area contributed by atoms with E-state index in [0.29, 0.717) is 24.9 Å². The molecule has 2 atom stereocenters. The van der Waals surface area contributed by atoms with Gasteiger partial charge in [-0.25, -0.2) is 0 Å². The maximum Gasteiger partial charge on any atom is 0.221 e. The average molecular weight is 260 g/mol. The average Bonchev–Trinajstić information content (AvgIpc) is 2.40. The minimum absolute atomic E-state index is 0.148. The molecule has 0 saturated carbocycles. The van der Waals surface area contributed by atoms with Crippen molar-refractivity contribution in [3.05, 3.63) is 35.4 Å². The van der Waals surface area contributed by atoms with Crippen molar-refractivity contribution in [3.8, 4) is 0 Å². The molecular formula is C16H24N2O. The van der Waals surface area contributed by atoms with Gasteiger partial charge in [-0.05, 0) is 43.4 Å². The number of hydrogen-bond acceptors (Lipinski definition) is 2. The van der Waals surface area contributed by atoms with Crippen LogP contribution in [-0.2, 0) is 11.3 Å². The minimum Gasteiger partial charge on any atom is -0.352 e. The number of hydrogen-bond donors (Lipinski definition) is 2. The molecule has 1 fully saturated rings. The fraction of sp³-hybridized carbons (Fsp3) is 0.562. The summed E-state index contributed by atoms with van der Waals surface area (Å²) in [4.78, 5) is 12.0. The molecule has 104 valence electrons. The molecule has 0 bridgehead atoms. The van der Waals surface area contributed by atoms with E-state index >= 15 is 0 Å². The predicted octanol–water partition coefficient (Wildman–Crippen LogP) is 2.39. The van der Waals surface area contributed by atoms with Crippen LogP contribution in [0.2, 0.25) is 0 Å². The van der Waals surface area contributed by atoms with Crippen LogP contribution >= 0.6 is 0 Å². The fourth-order valence-corrected chi connectivity index (χ4v) is 2.66. The van der Waals surface area contributed by atoms with Crippen molar-refractivity contribution in [3.63, 3.8) is 0 Å². The Kier molecular flexibility index (Phi) is 4.97.